The molecule has 0 amide bonds. The Balaban J connectivity index is 2.30. The summed E-state index contributed by atoms with van der Waals surface area (Å²) < 4.78 is 0. The first-order valence-electron chi connectivity index (χ1n) is 5.22. The summed E-state index contributed by atoms with van der Waals surface area (Å²) in [4.78, 5) is 11.0. The summed E-state index contributed by atoms with van der Waals surface area (Å²) in [6.07, 6.45) is 3.41. The minimum atomic E-state index is 0.345. The SMILES string of the molecule is CN=C(NC#N)NCC(=N)CSc1nc[nH]c1C. The standard InChI is InChI=1S/C10H15N7S/c1-7-9(17-6-16-7)18-4-8(12)3-14-10(13-2)15-5-11/h6,12H,3-4H2,1-2H3,(H,16,17)(H2,13,14,15). The number of hydrogen-bond donors (Lipinski definition) is 4. The molecule has 0 aromatic carbocycles. The number of aromatic amines is 1. The van der Waals surface area contributed by atoms with E-state index in [0.717, 1.165) is 10.7 Å². The summed E-state index contributed by atoms with van der Waals surface area (Å²) in [6, 6.07) is 0. The Labute approximate surface area is 110 Å². The van der Waals surface area contributed by atoms with Crippen molar-refractivity contribution in [3.05, 3.63) is 12.0 Å². The third-order valence-corrected chi connectivity index (χ3v) is 3.21. The Bertz CT molecular complexity index is 471. The first-order chi connectivity index (χ1) is 8.67. The Hall–Kier alpha value is -2.01. The Morgan fingerprint density at radius 2 is 2.50 bits per heavy atom. The number of guanidine groups is 1. The number of imidazole rings is 1. The van der Waals surface area contributed by atoms with Gasteiger partial charge in [-0.1, -0.05) is 11.8 Å². The zero-order chi connectivity index (χ0) is 13.4. The predicted molar refractivity (Wildman–Crippen MR) is 71.9 cm³/mol. The lowest BCUT2D eigenvalue weighted by Crippen LogP contribution is -2.37. The molecule has 1 aromatic heterocycles. The second kappa shape index (κ2) is 7.34. The maximum Gasteiger partial charge on any atom is 0.204 e. The van der Waals surface area contributed by atoms with Gasteiger partial charge < -0.3 is 15.7 Å². The maximum atomic E-state index is 8.44. The minimum Gasteiger partial charge on any atom is -0.350 e. The third kappa shape index (κ3) is 4.47. The molecule has 0 spiro atoms. The molecule has 0 unspecified atom stereocenters. The van der Waals surface area contributed by atoms with Gasteiger partial charge >= 0.3 is 0 Å². The number of hydrogen-bond acceptors (Lipinski definition) is 5. The molecule has 8 heteroatoms. The van der Waals surface area contributed by atoms with Crippen molar-refractivity contribution in [1.29, 1.82) is 10.7 Å². The van der Waals surface area contributed by atoms with E-state index in [1.807, 2.05) is 6.92 Å². The lowest BCUT2D eigenvalue weighted by Gasteiger charge is -2.07. The number of nitrogens with zero attached hydrogens (tertiary/aromatic N) is 3. The van der Waals surface area contributed by atoms with Crippen LogP contribution in [0.2, 0.25) is 0 Å². The largest absolute Gasteiger partial charge is 0.350 e. The summed E-state index contributed by atoms with van der Waals surface area (Å²) in [5, 5.41) is 22.4. The summed E-state index contributed by atoms with van der Waals surface area (Å²) in [5.41, 5.74) is 1.51. The molecule has 0 fully saturated rings. The molecule has 0 radical (unpaired) electrons. The Morgan fingerprint density at radius 3 is 3.06 bits per heavy atom. The number of nitriles is 1. The zero-order valence-corrected chi connectivity index (χ0v) is 11.1. The van der Waals surface area contributed by atoms with E-state index in [1.54, 1.807) is 19.6 Å². The fourth-order valence-electron chi connectivity index (χ4n) is 1.12. The Morgan fingerprint density at radius 1 is 1.72 bits per heavy atom. The van der Waals surface area contributed by atoms with Crippen molar-refractivity contribution in [3.63, 3.8) is 0 Å². The highest BCUT2D eigenvalue weighted by molar-refractivity contribution is 8.00. The van der Waals surface area contributed by atoms with Crippen LogP contribution >= 0.6 is 11.8 Å². The van der Waals surface area contributed by atoms with Crippen LogP contribution in [0.3, 0.4) is 0 Å². The van der Waals surface area contributed by atoms with Gasteiger partial charge in [-0.05, 0) is 6.92 Å². The van der Waals surface area contributed by atoms with E-state index in [0.29, 0.717) is 24.0 Å². The lowest BCUT2D eigenvalue weighted by molar-refractivity contribution is 0.991. The smallest absolute Gasteiger partial charge is 0.204 e. The van der Waals surface area contributed by atoms with Crippen LogP contribution in [-0.4, -0.2) is 41.0 Å². The van der Waals surface area contributed by atoms with Gasteiger partial charge in [0.25, 0.3) is 0 Å². The topological polar surface area (TPSA) is 113 Å². The molecule has 0 aliphatic heterocycles. The molecule has 1 rings (SSSR count). The minimum absolute atomic E-state index is 0.345. The summed E-state index contributed by atoms with van der Waals surface area (Å²) in [5.74, 6) is 0.908. The molecule has 1 aromatic rings. The van der Waals surface area contributed by atoms with Crippen LogP contribution in [0, 0.1) is 23.8 Å². The highest BCUT2D eigenvalue weighted by atomic mass is 32.2. The maximum absolute atomic E-state index is 8.44. The molecule has 0 atom stereocenters. The molecule has 18 heavy (non-hydrogen) atoms. The van der Waals surface area contributed by atoms with Crippen molar-refractivity contribution in [2.75, 3.05) is 19.3 Å². The van der Waals surface area contributed by atoms with E-state index in [2.05, 4.69) is 25.6 Å². The van der Waals surface area contributed by atoms with Gasteiger partial charge in [0.15, 0.2) is 6.19 Å². The van der Waals surface area contributed by atoms with Gasteiger partial charge in [-0.15, -0.1) is 0 Å². The molecule has 1 heterocycles. The van der Waals surface area contributed by atoms with Crippen LogP contribution in [0.1, 0.15) is 5.69 Å². The van der Waals surface area contributed by atoms with Crippen molar-refractivity contribution in [2.24, 2.45) is 4.99 Å². The van der Waals surface area contributed by atoms with Crippen LogP contribution in [0.15, 0.2) is 16.3 Å². The van der Waals surface area contributed by atoms with E-state index >= 15 is 0 Å². The molecular weight excluding hydrogens is 250 g/mol. The van der Waals surface area contributed by atoms with Gasteiger partial charge in [-0.2, -0.15) is 5.26 Å². The second-order valence-electron chi connectivity index (χ2n) is 3.39. The van der Waals surface area contributed by atoms with Crippen molar-refractivity contribution in [1.82, 2.24) is 20.6 Å². The van der Waals surface area contributed by atoms with Gasteiger partial charge in [0, 0.05) is 24.2 Å². The summed E-state index contributed by atoms with van der Waals surface area (Å²) in [7, 11) is 1.57. The summed E-state index contributed by atoms with van der Waals surface area (Å²) in [6.45, 7) is 2.29. The number of aromatic nitrogens is 2. The second-order valence-corrected chi connectivity index (χ2v) is 4.35. The number of nitrogens with one attached hydrogen (secondary N) is 4. The van der Waals surface area contributed by atoms with Crippen molar-refractivity contribution in [3.8, 4) is 6.19 Å². The van der Waals surface area contributed by atoms with Crippen molar-refractivity contribution >= 4 is 23.4 Å². The van der Waals surface area contributed by atoms with Crippen molar-refractivity contribution in [2.45, 2.75) is 11.9 Å². The average molecular weight is 265 g/mol. The van der Waals surface area contributed by atoms with Gasteiger partial charge in [0.05, 0.1) is 12.9 Å². The van der Waals surface area contributed by atoms with Crippen LogP contribution in [0.4, 0.5) is 0 Å². The molecule has 0 aliphatic rings. The zero-order valence-electron chi connectivity index (χ0n) is 10.2. The third-order valence-electron chi connectivity index (χ3n) is 2.03. The number of aryl methyl sites for hydroxylation is 1. The number of H-pyrrole nitrogens is 1. The van der Waals surface area contributed by atoms with Crippen LogP contribution in [0.25, 0.3) is 0 Å². The molecule has 0 saturated carbocycles. The molecule has 0 saturated heterocycles. The highest BCUT2D eigenvalue weighted by Gasteiger charge is 2.05. The first-order valence-corrected chi connectivity index (χ1v) is 6.20. The summed E-state index contributed by atoms with van der Waals surface area (Å²) >= 11 is 1.50. The normalized spacial score (nSPS) is 10.8. The van der Waals surface area contributed by atoms with E-state index in [9.17, 15) is 0 Å². The van der Waals surface area contributed by atoms with Crippen LogP contribution in [0.5, 0.6) is 0 Å². The molecule has 0 aliphatic carbocycles. The van der Waals surface area contributed by atoms with E-state index < -0.39 is 0 Å². The number of thioether (sulfide) groups is 1. The number of rotatable bonds is 5. The lowest BCUT2D eigenvalue weighted by atomic mass is 10.4. The monoisotopic (exact) mass is 265 g/mol. The fraction of sp³-hybridized carbons (Fsp3) is 0.400. The highest BCUT2D eigenvalue weighted by Crippen LogP contribution is 2.17. The van der Waals surface area contributed by atoms with Crippen molar-refractivity contribution < 1.29 is 0 Å². The quantitative estimate of drug-likeness (QED) is 0.203. The molecule has 7 nitrogen and oxygen atoms in total. The predicted octanol–water partition coefficient (Wildman–Crippen LogP) is 0.476. The molecular formula is C10H15N7S. The van der Waals surface area contributed by atoms with Crippen LogP contribution < -0.4 is 10.6 Å². The van der Waals surface area contributed by atoms with E-state index in [1.165, 1.54) is 11.8 Å². The number of aliphatic imine (C=N–C) groups is 1. The molecule has 4 N–H and O–H groups in total. The van der Waals surface area contributed by atoms with E-state index in [4.69, 9.17) is 10.7 Å². The average Bonchev–Trinajstić information content (AvgIpc) is 2.77. The Kier molecular flexibility index (Phi) is 5.73. The van der Waals surface area contributed by atoms with Gasteiger partial charge in [0.2, 0.25) is 5.96 Å². The van der Waals surface area contributed by atoms with Gasteiger partial charge in [-0.25, -0.2) is 4.98 Å². The van der Waals surface area contributed by atoms with Gasteiger partial charge in [-0.3, -0.25) is 10.3 Å². The van der Waals surface area contributed by atoms with Gasteiger partial charge in [0.1, 0.15) is 5.03 Å². The first kappa shape index (κ1) is 14.1. The fourth-order valence-corrected chi connectivity index (χ4v) is 1.94. The molecule has 96 valence electrons. The van der Waals surface area contributed by atoms with Crippen LogP contribution in [-0.2, 0) is 0 Å². The van der Waals surface area contributed by atoms with E-state index in [-0.39, 0.29) is 0 Å². The molecule has 0 bridgehead atoms.